The molecule has 0 aliphatic carbocycles. The van der Waals surface area contributed by atoms with Gasteiger partial charge in [-0.25, -0.2) is 8.78 Å². The number of piperidine rings is 1. The number of carbonyl (C=O) groups excluding carboxylic acids is 2. The number of hydrogen-bond donors (Lipinski definition) is 1. The number of nitrogens with zero attached hydrogens (tertiary/aromatic N) is 2. The van der Waals surface area contributed by atoms with Gasteiger partial charge in [-0.1, -0.05) is 24.3 Å². The van der Waals surface area contributed by atoms with Gasteiger partial charge in [-0.3, -0.25) is 14.6 Å². The Balaban J connectivity index is 1.45. The Hall–Kier alpha value is -3.61. The van der Waals surface area contributed by atoms with Gasteiger partial charge in [0, 0.05) is 42.9 Å². The van der Waals surface area contributed by atoms with E-state index in [1.54, 1.807) is 11.0 Å². The van der Waals surface area contributed by atoms with E-state index in [1.165, 1.54) is 0 Å². The average molecular weight is 464 g/mol. The number of pyridine rings is 1. The summed E-state index contributed by atoms with van der Waals surface area (Å²) in [7, 11) is 0. The highest BCUT2D eigenvalue weighted by Gasteiger charge is 2.28. The first kappa shape index (κ1) is 23.5. The van der Waals surface area contributed by atoms with Crippen molar-refractivity contribution in [3.8, 4) is 0 Å². The van der Waals surface area contributed by atoms with E-state index in [-0.39, 0.29) is 17.4 Å². The SMILES string of the molecule is Cc1ccc(C(=O)NCc2ccccc2C)c(C2CCN(C(=O)c3cc(F)cc(F)c3)CC2)n1. The van der Waals surface area contributed by atoms with Crippen LogP contribution in [0.2, 0.25) is 0 Å². The van der Waals surface area contributed by atoms with E-state index in [9.17, 15) is 18.4 Å². The zero-order valence-electron chi connectivity index (χ0n) is 19.3. The van der Waals surface area contributed by atoms with Crippen LogP contribution in [0, 0.1) is 25.5 Å². The van der Waals surface area contributed by atoms with Crippen LogP contribution in [0.15, 0.2) is 54.6 Å². The fourth-order valence-electron chi connectivity index (χ4n) is 4.38. The first-order valence-electron chi connectivity index (χ1n) is 11.4. The molecule has 1 fully saturated rings. The van der Waals surface area contributed by atoms with Gasteiger partial charge in [-0.2, -0.15) is 0 Å². The largest absolute Gasteiger partial charge is 0.348 e. The third-order valence-corrected chi connectivity index (χ3v) is 6.29. The number of carbonyl (C=O) groups is 2. The Morgan fingerprint density at radius 2 is 1.68 bits per heavy atom. The summed E-state index contributed by atoms with van der Waals surface area (Å²) in [5.74, 6) is -2.12. The summed E-state index contributed by atoms with van der Waals surface area (Å²) >= 11 is 0. The lowest BCUT2D eigenvalue weighted by atomic mass is 9.89. The Kier molecular flexibility index (Phi) is 7.01. The molecule has 7 heteroatoms. The fraction of sp³-hybridized carbons (Fsp3) is 0.296. The molecule has 1 aliphatic rings. The molecule has 0 spiro atoms. The van der Waals surface area contributed by atoms with Crippen molar-refractivity contribution in [1.82, 2.24) is 15.2 Å². The summed E-state index contributed by atoms with van der Waals surface area (Å²) in [6.07, 6.45) is 1.22. The minimum Gasteiger partial charge on any atom is -0.348 e. The molecule has 3 aromatic rings. The molecular formula is C27H27F2N3O2. The van der Waals surface area contributed by atoms with Crippen molar-refractivity contribution >= 4 is 11.8 Å². The molecule has 4 rings (SSSR count). The van der Waals surface area contributed by atoms with Crippen molar-refractivity contribution in [1.29, 1.82) is 0 Å². The minimum atomic E-state index is -0.774. The van der Waals surface area contributed by atoms with E-state index in [0.29, 0.717) is 38.0 Å². The molecule has 2 heterocycles. The molecular weight excluding hydrogens is 436 g/mol. The maximum Gasteiger partial charge on any atom is 0.254 e. The molecule has 5 nitrogen and oxygen atoms in total. The number of benzene rings is 2. The molecule has 0 radical (unpaired) electrons. The van der Waals surface area contributed by atoms with E-state index in [4.69, 9.17) is 0 Å². The predicted molar refractivity (Wildman–Crippen MR) is 126 cm³/mol. The van der Waals surface area contributed by atoms with Crippen molar-refractivity contribution in [3.05, 3.63) is 99.9 Å². The maximum atomic E-state index is 13.5. The summed E-state index contributed by atoms with van der Waals surface area (Å²) in [5.41, 5.74) is 4.25. The van der Waals surface area contributed by atoms with Crippen LogP contribution in [0.5, 0.6) is 0 Å². The zero-order valence-corrected chi connectivity index (χ0v) is 19.3. The topological polar surface area (TPSA) is 62.3 Å². The van der Waals surface area contributed by atoms with Gasteiger partial charge in [0.05, 0.1) is 11.3 Å². The van der Waals surface area contributed by atoms with Crippen LogP contribution in [0.25, 0.3) is 0 Å². The summed E-state index contributed by atoms with van der Waals surface area (Å²) in [4.78, 5) is 32.0. The van der Waals surface area contributed by atoms with E-state index >= 15 is 0 Å². The molecule has 2 amide bonds. The highest BCUT2D eigenvalue weighted by Crippen LogP contribution is 2.30. The van der Waals surface area contributed by atoms with Crippen LogP contribution in [0.1, 0.15) is 62.0 Å². The average Bonchev–Trinajstić information content (AvgIpc) is 2.82. The lowest BCUT2D eigenvalue weighted by Crippen LogP contribution is -2.38. The van der Waals surface area contributed by atoms with Gasteiger partial charge in [-0.05, 0) is 62.1 Å². The molecule has 0 atom stereocenters. The molecule has 1 aliphatic heterocycles. The number of aryl methyl sites for hydroxylation is 2. The number of likely N-dealkylation sites (tertiary alicyclic amines) is 1. The van der Waals surface area contributed by atoms with Crippen LogP contribution in [-0.4, -0.2) is 34.8 Å². The van der Waals surface area contributed by atoms with Gasteiger partial charge >= 0.3 is 0 Å². The Bertz CT molecular complexity index is 1200. The predicted octanol–water partition coefficient (Wildman–Crippen LogP) is 4.93. The van der Waals surface area contributed by atoms with Crippen molar-refractivity contribution < 1.29 is 18.4 Å². The summed E-state index contributed by atoms with van der Waals surface area (Å²) in [6, 6.07) is 14.4. The summed E-state index contributed by atoms with van der Waals surface area (Å²) in [5, 5.41) is 3.00. The zero-order chi connectivity index (χ0) is 24.2. The number of amides is 2. The number of aromatic nitrogens is 1. The third kappa shape index (κ3) is 5.30. The number of halogens is 2. The molecule has 176 valence electrons. The number of hydrogen-bond acceptors (Lipinski definition) is 3. The van der Waals surface area contributed by atoms with Crippen molar-refractivity contribution in [3.63, 3.8) is 0 Å². The Labute approximate surface area is 197 Å². The first-order valence-corrected chi connectivity index (χ1v) is 11.4. The highest BCUT2D eigenvalue weighted by molar-refractivity contribution is 5.96. The van der Waals surface area contributed by atoms with Crippen molar-refractivity contribution in [2.24, 2.45) is 0 Å². The van der Waals surface area contributed by atoms with Gasteiger partial charge in [0.1, 0.15) is 11.6 Å². The molecule has 1 N–H and O–H groups in total. The fourth-order valence-corrected chi connectivity index (χ4v) is 4.38. The van der Waals surface area contributed by atoms with Gasteiger partial charge in [-0.15, -0.1) is 0 Å². The maximum absolute atomic E-state index is 13.5. The molecule has 0 bridgehead atoms. The van der Waals surface area contributed by atoms with Gasteiger partial charge in [0.15, 0.2) is 0 Å². The van der Waals surface area contributed by atoms with Crippen LogP contribution >= 0.6 is 0 Å². The normalized spacial score (nSPS) is 14.2. The Morgan fingerprint density at radius 1 is 1.00 bits per heavy atom. The molecule has 0 unspecified atom stereocenters. The van der Waals surface area contributed by atoms with Gasteiger partial charge in [0.2, 0.25) is 0 Å². The highest BCUT2D eigenvalue weighted by atomic mass is 19.1. The van der Waals surface area contributed by atoms with E-state index in [1.807, 2.05) is 44.2 Å². The van der Waals surface area contributed by atoms with E-state index in [0.717, 1.165) is 40.7 Å². The summed E-state index contributed by atoms with van der Waals surface area (Å²) < 4.78 is 27.1. The van der Waals surface area contributed by atoms with Crippen molar-refractivity contribution in [2.45, 2.75) is 39.2 Å². The Morgan fingerprint density at radius 3 is 2.35 bits per heavy atom. The summed E-state index contributed by atoms with van der Waals surface area (Å²) in [6.45, 7) is 5.16. The van der Waals surface area contributed by atoms with E-state index < -0.39 is 17.5 Å². The lowest BCUT2D eigenvalue weighted by Gasteiger charge is -2.32. The van der Waals surface area contributed by atoms with Gasteiger partial charge < -0.3 is 10.2 Å². The van der Waals surface area contributed by atoms with Crippen LogP contribution in [-0.2, 0) is 6.54 Å². The third-order valence-electron chi connectivity index (χ3n) is 6.29. The van der Waals surface area contributed by atoms with Crippen molar-refractivity contribution in [2.75, 3.05) is 13.1 Å². The second-order valence-corrected chi connectivity index (χ2v) is 8.72. The van der Waals surface area contributed by atoms with Crippen LogP contribution in [0.3, 0.4) is 0 Å². The monoisotopic (exact) mass is 463 g/mol. The molecule has 1 saturated heterocycles. The molecule has 1 aromatic heterocycles. The minimum absolute atomic E-state index is 0.000836. The van der Waals surface area contributed by atoms with Crippen LogP contribution < -0.4 is 5.32 Å². The number of nitrogens with one attached hydrogen (secondary N) is 1. The number of rotatable bonds is 5. The molecule has 0 saturated carbocycles. The quantitative estimate of drug-likeness (QED) is 0.584. The van der Waals surface area contributed by atoms with Gasteiger partial charge in [0.25, 0.3) is 11.8 Å². The second-order valence-electron chi connectivity index (χ2n) is 8.72. The standard InChI is InChI=1S/C27H27F2N3O2/c1-17-5-3-4-6-20(17)16-30-26(33)24-8-7-18(2)31-25(24)19-9-11-32(12-10-19)27(34)21-13-22(28)15-23(29)14-21/h3-8,13-15,19H,9-12,16H2,1-2H3,(H,30,33). The second kappa shape index (κ2) is 10.1. The molecule has 2 aromatic carbocycles. The lowest BCUT2D eigenvalue weighted by molar-refractivity contribution is 0.0709. The van der Waals surface area contributed by atoms with Crippen LogP contribution in [0.4, 0.5) is 8.78 Å². The van der Waals surface area contributed by atoms with E-state index in [2.05, 4.69) is 10.3 Å². The first-order chi connectivity index (χ1) is 16.3. The smallest absolute Gasteiger partial charge is 0.254 e. The molecule has 34 heavy (non-hydrogen) atoms.